The molecule has 27 heavy (non-hydrogen) atoms. The first-order valence-corrected chi connectivity index (χ1v) is 8.17. The summed E-state index contributed by atoms with van der Waals surface area (Å²) in [5, 5.41) is 6.81. The van der Waals surface area contributed by atoms with Crippen molar-refractivity contribution in [1.82, 2.24) is 15.5 Å². The summed E-state index contributed by atoms with van der Waals surface area (Å²) in [6, 6.07) is 10.3. The second-order valence-electron chi connectivity index (χ2n) is 5.64. The minimum Gasteiger partial charge on any atom is -0.360 e. The highest BCUT2D eigenvalue weighted by Crippen LogP contribution is 2.31. The largest absolute Gasteiger partial charge is 0.433 e. The normalized spacial score (nSPS) is 11.4. The predicted octanol–water partition coefficient (Wildman–Crippen LogP) is 4.65. The zero-order valence-electron chi connectivity index (χ0n) is 14.0. The maximum atomic E-state index is 12.7. The number of hydrogen-bond donors (Lipinski definition) is 1. The van der Waals surface area contributed by atoms with Crippen molar-refractivity contribution in [3.05, 3.63) is 70.2 Å². The summed E-state index contributed by atoms with van der Waals surface area (Å²) in [5.74, 6) is -0.290. The van der Waals surface area contributed by atoms with Gasteiger partial charge in [0.15, 0.2) is 0 Å². The van der Waals surface area contributed by atoms with Crippen molar-refractivity contribution in [3.8, 4) is 11.3 Å². The van der Waals surface area contributed by atoms with Crippen molar-refractivity contribution in [2.75, 3.05) is 0 Å². The maximum Gasteiger partial charge on any atom is 0.433 e. The monoisotopic (exact) mass is 395 g/mol. The molecule has 0 fully saturated rings. The fourth-order valence-corrected chi connectivity index (χ4v) is 2.70. The molecule has 0 bridgehead atoms. The fraction of sp³-hybridized carbons (Fsp3) is 0.167. The van der Waals surface area contributed by atoms with Gasteiger partial charge in [-0.1, -0.05) is 41.0 Å². The van der Waals surface area contributed by atoms with Crippen LogP contribution >= 0.6 is 11.6 Å². The van der Waals surface area contributed by atoms with Gasteiger partial charge >= 0.3 is 6.18 Å². The summed E-state index contributed by atoms with van der Waals surface area (Å²) in [7, 11) is 0. The summed E-state index contributed by atoms with van der Waals surface area (Å²) < 4.78 is 43.3. The Kier molecular flexibility index (Phi) is 5.18. The Morgan fingerprint density at radius 1 is 1.19 bits per heavy atom. The summed E-state index contributed by atoms with van der Waals surface area (Å²) in [6.45, 7) is 1.38. The summed E-state index contributed by atoms with van der Waals surface area (Å²) in [6.07, 6.45) is -4.55. The van der Waals surface area contributed by atoms with Crippen molar-refractivity contribution in [3.63, 3.8) is 0 Å². The summed E-state index contributed by atoms with van der Waals surface area (Å²) >= 11 is 6.15. The molecule has 1 N–H and O–H groups in total. The van der Waals surface area contributed by atoms with Gasteiger partial charge in [0.1, 0.15) is 22.7 Å². The second kappa shape index (κ2) is 7.40. The van der Waals surface area contributed by atoms with Crippen molar-refractivity contribution < 1.29 is 22.5 Å². The van der Waals surface area contributed by atoms with E-state index in [4.69, 9.17) is 16.1 Å². The van der Waals surface area contributed by atoms with Crippen LogP contribution in [0.4, 0.5) is 13.2 Å². The topological polar surface area (TPSA) is 68.0 Å². The molecule has 3 rings (SSSR count). The molecule has 0 aliphatic heterocycles. The van der Waals surface area contributed by atoms with Crippen LogP contribution in [0.5, 0.6) is 0 Å². The van der Waals surface area contributed by atoms with Crippen LogP contribution in [0, 0.1) is 6.92 Å². The number of rotatable bonds is 4. The second-order valence-corrected chi connectivity index (χ2v) is 6.04. The number of nitrogens with zero attached hydrogens (tertiary/aromatic N) is 2. The van der Waals surface area contributed by atoms with Gasteiger partial charge in [0.25, 0.3) is 5.91 Å². The zero-order chi connectivity index (χ0) is 19.6. The molecular formula is C18H13ClF3N3O2. The van der Waals surface area contributed by atoms with Gasteiger partial charge < -0.3 is 9.84 Å². The summed E-state index contributed by atoms with van der Waals surface area (Å²) in [5.41, 5.74) is -0.0141. The van der Waals surface area contributed by atoms with E-state index in [0.29, 0.717) is 10.6 Å². The van der Waals surface area contributed by atoms with Crippen LogP contribution in [-0.2, 0) is 12.7 Å². The third-order valence-corrected chi connectivity index (χ3v) is 4.08. The Hall–Kier alpha value is -2.87. The molecule has 0 unspecified atom stereocenters. The van der Waals surface area contributed by atoms with E-state index in [1.54, 1.807) is 31.2 Å². The van der Waals surface area contributed by atoms with Gasteiger partial charge in [-0.15, -0.1) is 0 Å². The first-order valence-electron chi connectivity index (χ1n) is 7.80. The lowest BCUT2D eigenvalue weighted by molar-refractivity contribution is -0.141. The smallest absolute Gasteiger partial charge is 0.360 e. The third kappa shape index (κ3) is 4.11. The van der Waals surface area contributed by atoms with Crippen LogP contribution in [0.3, 0.4) is 0 Å². The van der Waals surface area contributed by atoms with E-state index in [2.05, 4.69) is 15.5 Å². The lowest BCUT2D eigenvalue weighted by Crippen LogP contribution is -2.24. The number of carbonyl (C=O) groups excluding carboxylic acids is 1. The number of aromatic nitrogens is 2. The van der Waals surface area contributed by atoms with Gasteiger partial charge in [-0.05, 0) is 25.1 Å². The van der Waals surface area contributed by atoms with E-state index < -0.39 is 17.8 Å². The van der Waals surface area contributed by atoms with Crippen LogP contribution in [0.2, 0.25) is 5.02 Å². The molecule has 140 valence electrons. The number of carbonyl (C=O) groups is 1. The van der Waals surface area contributed by atoms with Gasteiger partial charge in [0, 0.05) is 5.56 Å². The number of halogens is 4. The molecule has 2 aromatic heterocycles. The van der Waals surface area contributed by atoms with E-state index in [9.17, 15) is 18.0 Å². The molecule has 5 nitrogen and oxygen atoms in total. The molecule has 0 saturated carbocycles. The molecule has 0 saturated heterocycles. The van der Waals surface area contributed by atoms with Gasteiger partial charge in [-0.2, -0.15) is 13.2 Å². The van der Waals surface area contributed by atoms with Crippen molar-refractivity contribution in [2.45, 2.75) is 19.6 Å². The van der Waals surface area contributed by atoms with Crippen molar-refractivity contribution >= 4 is 17.5 Å². The van der Waals surface area contributed by atoms with Crippen LogP contribution in [-0.4, -0.2) is 16.0 Å². The number of aryl methyl sites for hydroxylation is 1. The highest BCUT2D eigenvalue weighted by atomic mass is 35.5. The molecule has 2 heterocycles. The van der Waals surface area contributed by atoms with Gasteiger partial charge in [-0.25, -0.2) is 4.98 Å². The Bertz CT molecular complexity index is 986. The van der Waals surface area contributed by atoms with Gasteiger partial charge in [0.05, 0.1) is 17.3 Å². The van der Waals surface area contributed by atoms with E-state index >= 15 is 0 Å². The molecule has 1 amide bonds. The van der Waals surface area contributed by atoms with Crippen LogP contribution in [0.15, 0.2) is 47.0 Å². The molecule has 9 heteroatoms. The fourth-order valence-electron chi connectivity index (χ4n) is 2.47. The number of benzene rings is 1. The maximum absolute atomic E-state index is 12.7. The van der Waals surface area contributed by atoms with Crippen LogP contribution in [0.25, 0.3) is 11.3 Å². The lowest BCUT2D eigenvalue weighted by atomic mass is 10.1. The first kappa shape index (κ1) is 18.9. The number of pyridine rings is 1. The Labute approximate surface area is 157 Å². The zero-order valence-corrected chi connectivity index (χ0v) is 14.7. The molecule has 0 radical (unpaired) electrons. The van der Waals surface area contributed by atoms with Crippen molar-refractivity contribution in [1.29, 1.82) is 0 Å². The Morgan fingerprint density at radius 2 is 1.93 bits per heavy atom. The third-order valence-electron chi connectivity index (χ3n) is 3.75. The Morgan fingerprint density at radius 3 is 2.63 bits per heavy atom. The van der Waals surface area contributed by atoms with Crippen molar-refractivity contribution in [2.24, 2.45) is 0 Å². The first-order chi connectivity index (χ1) is 12.8. The number of hydrogen-bond acceptors (Lipinski definition) is 4. The predicted molar refractivity (Wildman–Crippen MR) is 92.1 cm³/mol. The van der Waals surface area contributed by atoms with Crippen LogP contribution in [0.1, 0.15) is 27.5 Å². The molecular weight excluding hydrogens is 383 g/mol. The molecule has 0 aliphatic carbocycles. The summed E-state index contributed by atoms with van der Waals surface area (Å²) in [4.78, 5) is 16.1. The molecule has 0 atom stereocenters. The average molecular weight is 396 g/mol. The van der Waals surface area contributed by atoms with E-state index in [1.807, 2.05) is 0 Å². The average Bonchev–Trinajstić information content (AvgIpc) is 3.01. The standard InChI is InChI=1S/C18H13ClF3N3O2/c1-10-15(16(25-27-10)12-6-2-3-7-13(12)19)17(26)23-9-11-5-4-8-14(24-11)18(20,21)22/h2-8H,9H2,1H3,(H,23,26). The van der Waals surface area contributed by atoms with E-state index in [1.165, 1.54) is 12.1 Å². The van der Waals surface area contributed by atoms with E-state index in [0.717, 1.165) is 6.07 Å². The molecule has 1 aromatic carbocycles. The lowest BCUT2D eigenvalue weighted by Gasteiger charge is -2.09. The quantitative estimate of drug-likeness (QED) is 0.698. The highest BCUT2D eigenvalue weighted by Gasteiger charge is 2.32. The minimum atomic E-state index is -4.55. The van der Waals surface area contributed by atoms with E-state index in [-0.39, 0.29) is 29.3 Å². The molecule has 3 aromatic rings. The SMILES string of the molecule is Cc1onc(-c2ccccc2Cl)c1C(=O)NCc1cccc(C(F)(F)F)n1. The Balaban J connectivity index is 1.82. The van der Waals surface area contributed by atoms with Gasteiger partial charge in [-0.3, -0.25) is 4.79 Å². The molecule has 0 aliphatic rings. The number of alkyl halides is 3. The highest BCUT2D eigenvalue weighted by molar-refractivity contribution is 6.33. The van der Waals surface area contributed by atoms with Crippen LogP contribution < -0.4 is 5.32 Å². The minimum absolute atomic E-state index is 0.0755. The molecule has 0 spiro atoms. The van der Waals surface area contributed by atoms with Gasteiger partial charge in [0.2, 0.25) is 0 Å². The number of nitrogens with one attached hydrogen (secondary N) is 1. The number of amides is 1.